The van der Waals surface area contributed by atoms with Crippen molar-refractivity contribution >= 4 is 34.3 Å². The summed E-state index contributed by atoms with van der Waals surface area (Å²) in [7, 11) is 1.66. The van der Waals surface area contributed by atoms with E-state index in [0.717, 1.165) is 57.3 Å². The molecule has 2 heterocycles. The van der Waals surface area contributed by atoms with Gasteiger partial charge in [0.05, 0.1) is 7.11 Å². The van der Waals surface area contributed by atoms with Gasteiger partial charge >= 0.3 is 0 Å². The first-order valence-electron chi connectivity index (χ1n) is 15.4. The van der Waals surface area contributed by atoms with Crippen LogP contribution in [-0.2, 0) is 4.79 Å². The fourth-order valence-electron chi connectivity index (χ4n) is 5.78. The van der Waals surface area contributed by atoms with Crippen LogP contribution >= 0.6 is 11.8 Å². The molecule has 0 bridgehead atoms. The second-order valence-electron chi connectivity index (χ2n) is 11.3. The topological polar surface area (TPSA) is 80.6 Å². The van der Waals surface area contributed by atoms with E-state index in [0.29, 0.717) is 31.6 Å². The predicted molar refractivity (Wildman–Crippen MR) is 179 cm³/mol. The van der Waals surface area contributed by atoms with E-state index in [1.165, 1.54) is 0 Å². The zero-order chi connectivity index (χ0) is 31.2. The van der Waals surface area contributed by atoms with E-state index < -0.39 is 0 Å². The van der Waals surface area contributed by atoms with Gasteiger partial charge in [0.2, 0.25) is 5.91 Å². The Morgan fingerprint density at radius 1 is 0.867 bits per heavy atom. The number of methoxy groups -OCH3 is 1. The van der Waals surface area contributed by atoms with Crippen LogP contribution in [0.4, 0.5) is 0 Å². The van der Waals surface area contributed by atoms with Gasteiger partial charge in [-0.05, 0) is 66.9 Å². The highest BCUT2D eigenvalue weighted by Crippen LogP contribution is 2.29. The van der Waals surface area contributed by atoms with Gasteiger partial charge in [0.15, 0.2) is 11.0 Å². The predicted octanol–water partition coefficient (Wildman–Crippen LogP) is 6.73. The maximum atomic E-state index is 13.3. The Bertz CT molecular complexity index is 1770. The van der Waals surface area contributed by atoms with Gasteiger partial charge in [-0.1, -0.05) is 72.4 Å². The van der Waals surface area contributed by atoms with Gasteiger partial charge < -0.3 is 14.5 Å². The van der Waals surface area contributed by atoms with E-state index in [1.54, 1.807) is 18.9 Å². The Morgan fingerprint density at radius 3 is 2.38 bits per heavy atom. The Hall–Kier alpha value is -4.63. The molecule has 5 aromatic rings. The molecule has 8 nitrogen and oxygen atoms in total. The number of carbonyl (C=O) groups is 2. The number of benzene rings is 4. The van der Waals surface area contributed by atoms with Crippen LogP contribution in [0.5, 0.6) is 5.75 Å². The molecule has 6 rings (SSSR count). The highest BCUT2D eigenvalue weighted by molar-refractivity contribution is 7.99. The molecule has 2 amide bonds. The van der Waals surface area contributed by atoms with Crippen LogP contribution in [0.1, 0.15) is 36.5 Å². The van der Waals surface area contributed by atoms with Crippen molar-refractivity contribution in [3.8, 4) is 22.8 Å². The summed E-state index contributed by atoms with van der Waals surface area (Å²) < 4.78 is 7.42. The lowest BCUT2D eigenvalue weighted by molar-refractivity contribution is -0.133. The van der Waals surface area contributed by atoms with Crippen molar-refractivity contribution in [2.75, 3.05) is 32.5 Å². The van der Waals surface area contributed by atoms with Crippen LogP contribution < -0.4 is 4.74 Å². The summed E-state index contributed by atoms with van der Waals surface area (Å²) >= 11 is 1.65. The first-order chi connectivity index (χ1) is 22.0. The molecule has 1 aromatic heterocycles. The number of ether oxygens (including phenoxy) is 1. The normalized spacial score (nSPS) is 14.9. The number of carbonyl (C=O) groups excluding carboxylic acids is 2. The summed E-state index contributed by atoms with van der Waals surface area (Å²) in [4.78, 5) is 30.2. The number of unbranched alkanes of at least 4 members (excludes halogenated alkanes) is 1. The number of amides is 2. The second kappa shape index (κ2) is 14.0. The van der Waals surface area contributed by atoms with Crippen molar-refractivity contribution in [3.05, 3.63) is 103 Å². The molecule has 0 spiro atoms. The Balaban J connectivity index is 1.01. The monoisotopic (exact) mass is 619 g/mol. The van der Waals surface area contributed by atoms with Crippen LogP contribution in [0.2, 0.25) is 0 Å². The fourth-order valence-corrected chi connectivity index (χ4v) is 6.73. The highest BCUT2D eigenvalue weighted by atomic mass is 32.2. The number of piperazine rings is 1. The van der Waals surface area contributed by atoms with Crippen molar-refractivity contribution in [2.24, 2.45) is 0 Å². The van der Waals surface area contributed by atoms with E-state index >= 15 is 0 Å². The van der Waals surface area contributed by atoms with Gasteiger partial charge in [0.1, 0.15) is 5.75 Å². The molecule has 0 N–H and O–H groups in total. The summed E-state index contributed by atoms with van der Waals surface area (Å²) in [5.74, 6) is 2.57. The average Bonchev–Trinajstić information content (AvgIpc) is 3.51. The third-order valence-electron chi connectivity index (χ3n) is 8.25. The number of aromatic nitrogens is 3. The molecular weight excluding hydrogens is 582 g/mol. The molecule has 9 heteroatoms. The largest absolute Gasteiger partial charge is 0.497 e. The van der Waals surface area contributed by atoms with Gasteiger partial charge in [-0.15, -0.1) is 10.2 Å². The lowest BCUT2D eigenvalue weighted by Gasteiger charge is -2.40. The number of hydrogen-bond acceptors (Lipinski definition) is 6. The quantitative estimate of drug-likeness (QED) is 0.127. The first kappa shape index (κ1) is 30.4. The van der Waals surface area contributed by atoms with Gasteiger partial charge in [0, 0.05) is 54.7 Å². The third kappa shape index (κ3) is 6.88. The molecule has 1 aliphatic rings. The molecular formula is C36H37N5O3S. The van der Waals surface area contributed by atoms with Gasteiger partial charge in [0.25, 0.3) is 5.91 Å². The molecule has 45 heavy (non-hydrogen) atoms. The molecule has 1 fully saturated rings. The highest BCUT2D eigenvalue weighted by Gasteiger charge is 2.30. The summed E-state index contributed by atoms with van der Waals surface area (Å²) in [6.45, 7) is 3.68. The fraction of sp³-hybridized carbons (Fsp3) is 0.278. The van der Waals surface area contributed by atoms with E-state index in [-0.39, 0.29) is 17.9 Å². The third-order valence-corrected chi connectivity index (χ3v) is 9.26. The lowest BCUT2D eigenvalue weighted by Crippen LogP contribution is -2.55. The van der Waals surface area contributed by atoms with Crippen molar-refractivity contribution in [1.82, 2.24) is 24.6 Å². The zero-order valence-electron chi connectivity index (χ0n) is 25.6. The average molecular weight is 620 g/mol. The number of fused-ring (bicyclic) bond motifs is 1. The SMILES string of the molecule is COc1ccc(-n2c(SCCCCC(=O)N3CCN(C(=O)c4ccc5ccccc5c4)C(C)C3)nnc2-c2ccccc2)cc1. The van der Waals surface area contributed by atoms with Crippen LogP contribution in [0, 0.1) is 0 Å². The number of hydrogen-bond donors (Lipinski definition) is 0. The standard InChI is InChI=1S/C36H37N5O3S/c1-26-25-39(21-22-40(26)35(43)30-16-15-27-10-6-7-13-29(27)24-30)33(42)14-8-9-23-45-36-38-37-34(28-11-4-3-5-12-28)41(36)31-17-19-32(44-2)20-18-31/h3-7,10-13,15-20,24,26H,8-9,14,21-23,25H2,1-2H3. The first-order valence-corrected chi connectivity index (χ1v) is 16.4. The van der Waals surface area contributed by atoms with Crippen LogP contribution in [-0.4, -0.2) is 74.9 Å². The Morgan fingerprint density at radius 2 is 1.62 bits per heavy atom. The summed E-state index contributed by atoms with van der Waals surface area (Å²) in [5.41, 5.74) is 2.65. The van der Waals surface area contributed by atoms with Crippen LogP contribution in [0.3, 0.4) is 0 Å². The van der Waals surface area contributed by atoms with Crippen LogP contribution in [0.15, 0.2) is 102 Å². The van der Waals surface area contributed by atoms with E-state index in [4.69, 9.17) is 4.74 Å². The molecule has 1 aliphatic heterocycles. The zero-order valence-corrected chi connectivity index (χ0v) is 26.5. The number of thioether (sulfide) groups is 1. The van der Waals surface area contributed by atoms with Crippen molar-refractivity contribution in [3.63, 3.8) is 0 Å². The summed E-state index contributed by atoms with van der Waals surface area (Å²) in [6, 6.07) is 31.8. The van der Waals surface area contributed by atoms with Crippen molar-refractivity contribution < 1.29 is 14.3 Å². The summed E-state index contributed by atoms with van der Waals surface area (Å²) in [5, 5.41) is 12.0. The molecule has 1 unspecified atom stereocenters. The van der Waals surface area contributed by atoms with Crippen molar-refractivity contribution in [1.29, 1.82) is 0 Å². The van der Waals surface area contributed by atoms with Gasteiger partial charge in [-0.2, -0.15) is 0 Å². The second-order valence-corrected chi connectivity index (χ2v) is 12.3. The van der Waals surface area contributed by atoms with E-state index in [2.05, 4.69) is 14.8 Å². The molecule has 0 radical (unpaired) electrons. The molecule has 4 aromatic carbocycles. The lowest BCUT2D eigenvalue weighted by atomic mass is 10.0. The van der Waals surface area contributed by atoms with Gasteiger partial charge in [-0.25, -0.2) is 0 Å². The number of rotatable bonds is 10. The Kier molecular flexibility index (Phi) is 9.45. The number of nitrogens with zero attached hydrogens (tertiary/aromatic N) is 5. The van der Waals surface area contributed by atoms with Gasteiger partial charge in [-0.3, -0.25) is 14.2 Å². The maximum absolute atomic E-state index is 13.3. The molecule has 1 saturated heterocycles. The van der Waals surface area contributed by atoms with Crippen molar-refractivity contribution in [2.45, 2.75) is 37.4 Å². The Labute approximate surface area is 268 Å². The molecule has 0 saturated carbocycles. The minimum Gasteiger partial charge on any atom is -0.497 e. The summed E-state index contributed by atoms with van der Waals surface area (Å²) in [6.07, 6.45) is 2.16. The van der Waals surface area contributed by atoms with E-state index in [1.807, 2.05) is 114 Å². The van der Waals surface area contributed by atoms with E-state index in [9.17, 15) is 9.59 Å². The molecule has 1 atom stereocenters. The molecule has 0 aliphatic carbocycles. The minimum atomic E-state index is -0.0413. The maximum Gasteiger partial charge on any atom is 0.254 e. The smallest absolute Gasteiger partial charge is 0.254 e. The van der Waals surface area contributed by atoms with Crippen LogP contribution in [0.25, 0.3) is 27.8 Å². The molecule has 230 valence electrons. The minimum absolute atomic E-state index is 0.0234.